The lowest BCUT2D eigenvalue weighted by Crippen LogP contribution is -2.14. The van der Waals surface area contributed by atoms with Crippen molar-refractivity contribution in [1.82, 2.24) is 0 Å². The van der Waals surface area contributed by atoms with Gasteiger partial charge in [0.2, 0.25) is 0 Å². The number of carboxylic acids is 1. The molecule has 0 aliphatic carbocycles. The monoisotopic (exact) mass is 226 g/mol. The largest absolute Gasteiger partial charge is 0.481 e. The smallest absolute Gasteiger partial charge is 0.312 e. The van der Waals surface area contributed by atoms with Crippen LogP contribution in [-0.2, 0) is 14.6 Å². The zero-order chi connectivity index (χ0) is 11.2. The number of aliphatic carboxylic acids is 1. The van der Waals surface area contributed by atoms with Gasteiger partial charge in [0, 0.05) is 0 Å². The molecule has 0 radical (unpaired) electrons. The molecular formula is C10H10O4S. The lowest BCUT2D eigenvalue weighted by molar-refractivity contribution is -0.138. The molecule has 0 amide bonds. The third-order valence-corrected chi connectivity index (χ3v) is 4.45. The van der Waals surface area contributed by atoms with Crippen LogP contribution in [0.2, 0.25) is 0 Å². The van der Waals surface area contributed by atoms with Crippen LogP contribution in [0.4, 0.5) is 0 Å². The Balaban J connectivity index is 2.75. The SMILES string of the molecule is Cc1cccc2c1C(C(=O)O)CS2(=O)=O. The molecule has 1 N–H and O–H groups in total. The summed E-state index contributed by atoms with van der Waals surface area (Å²) in [7, 11) is -3.40. The van der Waals surface area contributed by atoms with Gasteiger partial charge >= 0.3 is 5.97 Å². The minimum atomic E-state index is -3.40. The van der Waals surface area contributed by atoms with Gasteiger partial charge in [-0.15, -0.1) is 0 Å². The van der Waals surface area contributed by atoms with E-state index in [0.29, 0.717) is 5.56 Å². The van der Waals surface area contributed by atoms with Crippen molar-refractivity contribution in [2.75, 3.05) is 5.75 Å². The molecule has 0 saturated carbocycles. The lowest BCUT2D eigenvalue weighted by atomic mass is 9.97. The van der Waals surface area contributed by atoms with E-state index < -0.39 is 21.7 Å². The summed E-state index contributed by atoms with van der Waals surface area (Å²) in [5.41, 5.74) is 1.17. The van der Waals surface area contributed by atoms with Gasteiger partial charge in [-0.2, -0.15) is 0 Å². The topological polar surface area (TPSA) is 71.4 Å². The molecule has 1 aliphatic rings. The Labute approximate surface area is 87.5 Å². The highest BCUT2D eigenvalue weighted by Gasteiger charge is 2.39. The number of aryl methyl sites for hydroxylation is 1. The first-order valence-corrected chi connectivity index (χ1v) is 6.14. The predicted octanol–water partition coefficient (Wildman–Crippen LogP) is 0.951. The summed E-state index contributed by atoms with van der Waals surface area (Å²) in [5, 5.41) is 8.95. The van der Waals surface area contributed by atoms with Crippen molar-refractivity contribution in [3.8, 4) is 0 Å². The fourth-order valence-electron chi connectivity index (χ4n) is 1.96. The second kappa shape index (κ2) is 3.06. The van der Waals surface area contributed by atoms with Gasteiger partial charge in [-0.05, 0) is 24.1 Å². The predicted molar refractivity (Wildman–Crippen MR) is 53.6 cm³/mol. The van der Waals surface area contributed by atoms with Gasteiger partial charge in [0.25, 0.3) is 0 Å². The molecule has 0 aromatic heterocycles. The second-order valence-corrected chi connectivity index (χ2v) is 5.66. The number of rotatable bonds is 1. The van der Waals surface area contributed by atoms with Crippen LogP contribution in [0.3, 0.4) is 0 Å². The maximum absolute atomic E-state index is 11.7. The maximum Gasteiger partial charge on any atom is 0.312 e. The molecule has 1 heterocycles. The van der Waals surface area contributed by atoms with Crippen molar-refractivity contribution >= 4 is 15.8 Å². The van der Waals surface area contributed by atoms with Gasteiger partial charge in [-0.3, -0.25) is 4.79 Å². The summed E-state index contributed by atoms with van der Waals surface area (Å²) >= 11 is 0. The van der Waals surface area contributed by atoms with Crippen LogP contribution in [0.5, 0.6) is 0 Å². The van der Waals surface area contributed by atoms with Crippen molar-refractivity contribution in [2.45, 2.75) is 17.7 Å². The Bertz CT molecular complexity index is 530. The average Bonchev–Trinajstić information content (AvgIpc) is 2.40. The molecule has 80 valence electrons. The van der Waals surface area contributed by atoms with E-state index in [1.54, 1.807) is 19.1 Å². The van der Waals surface area contributed by atoms with Crippen molar-refractivity contribution in [3.63, 3.8) is 0 Å². The van der Waals surface area contributed by atoms with Gasteiger partial charge in [0.15, 0.2) is 9.84 Å². The van der Waals surface area contributed by atoms with Crippen LogP contribution >= 0.6 is 0 Å². The van der Waals surface area contributed by atoms with Crippen LogP contribution in [0.15, 0.2) is 23.1 Å². The van der Waals surface area contributed by atoms with Gasteiger partial charge in [0.05, 0.1) is 16.6 Å². The molecule has 0 saturated heterocycles. The summed E-state index contributed by atoms with van der Waals surface area (Å²) in [6.07, 6.45) is 0. The quantitative estimate of drug-likeness (QED) is 0.773. The van der Waals surface area contributed by atoms with E-state index in [2.05, 4.69) is 0 Å². The summed E-state index contributed by atoms with van der Waals surface area (Å²) < 4.78 is 23.3. The third kappa shape index (κ3) is 1.43. The van der Waals surface area contributed by atoms with E-state index in [9.17, 15) is 13.2 Å². The summed E-state index contributed by atoms with van der Waals surface area (Å²) in [6.45, 7) is 1.73. The number of fused-ring (bicyclic) bond motifs is 1. The van der Waals surface area contributed by atoms with E-state index in [4.69, 9.17) is 5.11 Å². The molecule has 1 unspecified atom stereocenters. The molecule has 5 heteroatoms. The maximum atomic E-state index is 11.7. The molecular weight excluding hydrogens is 216 g/mol. The lowest BCUT2D eigenvalue weighted by Gasteiger charge is -2.06. The van der Waals surface area contributed by atoms with Crippen molar-refractivity contribution in [2.24, 2.45) is 0 Å². The first kappa shape index (κ1) is 10.2. The fourth-order valence-corrected chi connectivity index (χ4v) is 3.81. The van der Waals surface area contributed by atoms with Crippen molar-refractivity contribution in [3.05, 3.63) is 29.3 Å². The van der Waals surface area contributed by atoms with Gasteiger partial charge < -0.3 is 5.11 Å². The molecule has 1 aromatic rings. The van der Waals surface area contributed by atoms with Crippen LogP contribution in [-0.4, -0.2) is 25.2 Å². The highest BCUT2D eigenvalue weighted by molar-refractivity contribution is 7.91. The normalized spacial score (nSPS) is 22.3. The molecule has 2 rings (SSSR count). The van der Waals surface area contributed by atoms with Crippen molar-refractivity contribution < 1.29 is 18.3 Å². The molecule has 0 fully saturated rings. The molecule has 0 spiro atoms. The molecule has 15 heavy (non-hydrogen) atoms. The Hall–Kier alpha value is -1.36. The van der Waals surface area contributed by atoms with Crippen LogP contribution in [0.1, 0.15) is 17.0 Å². The minimum Gasteiger partial charge on any atom is -0.481 e. The van der Waals surface area contributed by atoms with Gasteiger partial charge in [-0.25, -0.2) is 8.42 Å². The Morgan fingerprint density at radius 1 is 1.47 bits per heavy atom. The molecule has 1 aromatic carbocycles. The van der Waals surface area contributed by atoms with Crippen LogP contribution in [0, 0.1) is 6.92 Å². The molecule has 1 aliphatic heterocycles. The van der Waals surface area contributed by atoms with Crippen LogP contribution < -0.4 is 0 Å². The molecule has 0 bridgehead atoms. The standard InChI is InChI=1S/C10H10O4S/c1-6-3-2-4-8-9(6)7(10(11)12)5-15(8,13)14/h2-4,7H,5H2,1H3,(H,11,12). The van der Waals surface area contributed by atoms with Gasteiger partial charge in [-0.1, -0.05) is 12.1 Å². The van der Waals surface area contributed by atoms with E-state index in [-0.39, 0.29) is 10.6 Å². The highest BCUT2D eigenvalue weighted by Crippen LogP contribution is 2.36. The number of carbonyl (C=O) groups is 1. The zero-order valence-corrected chi connectivity index (χ0v) is 8.91. The Kier molecular flexibility index (Phi) is 2.08. The number of hydrogen-bond acceptors (Lipinski definition) is 3. The fraction of sp³-hybridized carbons (Fsp3) is 0.300. The van der Waals surface area contributed by atoms with Gasteiger partial charge in [0.1, 0.15) is 0 Å². The first-order valence-electron chi connectivity index (χ1n) is 4.48. The second-order valence-electron chi connectivity index (χ2n) is 3.66. The Morgan fingerprint density at radius 3 is 2.73 bits per heavy atom. The molecule has 4 nitrogen and oxygen atoms in total. The van der Waals surface area contributed by atoms with Crippen molar-refractivity contribution in [1.29, 1.82) is 0 Å². The zero-order valence-electron chi connectivity index (χ0n) is 8.10. The third-order valence-electron chi connectivity index (χ3n) is 2.65. The first-order chi connectivity index (χ1) is 6.93. The van der Waals surface area contributed by atoms with Crippen LogP contribution in [0.25, 0.3) is 0 Å². The Morgan fingerprint density at radius 2 is 2.13 bits per heavy atom. The number of hydrogen-bond donors (Lipinski definition) is 1. The van der Waals surface area contributed by atoms with E-state index in [0.717, 1.165) is 5.56 Å². The summed E-state index contributed by atoms with van der Waals surface area (Å²) in [5.74, 6) is -2.31. The average molecular weight is 226 g/mol. The number of carboxylic acid groups (broad SMARTS) is 1. The summed E-state index contributed by atoms with van der Waals surface area (Å²) in [4.78, 5) is 11.1. The number of benzene rings is 1. The van der Waals surface area contributed by atoms with E-state index in [1.807, 2.05) is 0 Å². The highest BCUT2D eigenvalue weighted by atomic mass is 32.2. The van der Waals surface area contributed by atoms with E-state index >= 15 is 0 Å². The summed E-state index contributed by atoms with van der Waals surface area (Å²) in [6, 6.07) is 4.84. The minimum absolute atomic E-state index is 0.176. The van der Waals surface area contributed by atoms with E-state index in [1.165, 1.54) is 6.07 Å². The molecule has 1 atom stereocenters. The number of sulfone groups is 1.